The zero-order valence-corrected chi connectivity index (χ0v) is 15.3. The van der Waals surface area contributed by atoms with Crippen LogP contribution in [-0.4, -0.2) is 24.7 Å². The molecule has 2 aromatic rings. The Bertz CT molecular complexity index is 833. The van der Waals surface area contributed by atoms with Gasteiger partial charge in [0.05, 0.1) is 12.9 Å². The Morgan fingerprint density at radius 1 is 1.19 bits per heavy atom. The van der Waals surface area contributed by atoms with E-state index in [-0.39, 0.29) is 23.1 Å². The Kier molecular flexibility index (Phi) is 4.59. The van der Waals surface area contributed by atoms with Crippen LogP contribution in [0.4, 0.5) is 11.4 Å². The molecule has 0 spiro atoms. The first-order chi connectivity index (χ1) is 12.7. The van der Waals surface area contributed by atoms with E-state index < -0.39 is 0 Å². The second-order valence-corrected chi connectivity index (χ2v) is 7.58. The lowest BCUT2D eigenvalue weighted by atomic mass is 10.1. The van der Waals surface area contributed by atoms with Crippen molar-refractivity contribution in [1.82, 2.24) is 0 Å². The number of amides is 2. The number of hydrogen-bond acceptors (Lipinski definition) is 4. The van der Waals surface area contributed by atoms with Gasteiger partial charge in [-0.2, -0.15) is 0 Å². The minimum atomic E-state index is -0.103. The standard InChI is InChI=1S/C20H20N2O3S/c1-25-17-9-7-16(8-10-17)22-18(23)12-26-20(22)14-3-2-4-15(11-14)21-19(24)13-5-6-13/h2-4,7-11,13,20H,5-6,12H2,1H3,(H,21,24)/t20-/m1/s1. The molecule has 0 unspecified atom stereocenters. The maximum absolute atomic E-state index is 12.5. The number of nitrogens with one attached hydrogen (secondary N) is 1. The van der Waals surface area contributed by atoms with Crippen LogP contribution in [0.5, 0.6) is 5.75 Å². The molecule has 6 heteroatoms. The summed E-state index contributed by atoms with van der Waals surface area (Å²) in [7, 11) is 1.62. The van der Waals surface area contributed by atoms with Crippen LogP contribution in [-0.2, 0) is 9.59 Å². The van der Waals surface area contributed by atoms with Gasteiger partial charge in [-0.1, -0.05) is 12.1 Å². The molecule has 2 amide bonds. The van der Waals surface area contributed by atoms with Crippen LogP contribution in [0.2, 0.25) is 0 Å². The van der Waals surface area contributed by atoms with Crippen molar-refractivity contribution in [1.29, 1.82) is 0 Å². The lowest BCUT2D eigenvalue weighted by molar-refractivity contribution is -0.117. The second kappa shape index (κ2) is 7.03. The first-order valence-corrected chi connectivity index (χ1v) is 9.69. The molecule has 2 aliphatic rings. The summed E-state index contributed by atoms with van der Waals surface area (Å²) in [4.78, 5) is 26.3. The van der Waals surface area contributed by atoms with E-state index in [4.69, 9.17) is 4.74 Å². The molecular weight excluding hydrogens is 348 g/mol. The van der Waals surface area contributed by atoms with Crippen molar-refractivity contribution >= 4 is 35.0 Å². The van der Waals surface area contributed by atoms with Gasteiger partial charge >= 0.3 is 0 Å². The Balaban J connectivity index is 1.58. The van der Waals surface area contributed by atoms with Gasteiger partial charge in [0.25, 0.3) is 0 Å². The Morgan fingerprint density at radius 3 is 2.65 bits per heavy atom. The highest BCUT2D eigenvalue weighted by Gasteiger charge is 2.34. The predicted octanol–water partition coefficient (Wildman–Crippen LogP) is 3.82. The Hall–Kier alpha value is -2.47. The van der Waals surface area contributed by atoms with Crippen molar-refractivity contribution < 1.29 is 14.3 Å². The van der Waals surface area contributed by atoms with E-state index in [2.05, 4.69) is 5.32 Å². The first-order valence-electron chi connectivity index (χ1n) is 8.64. The maximum atomic E-state index is 12.5. The van der Waals surface area contributed by atoms with Crippen molar-refractivity contribution in [3.05, 3.63) is 54.1 Å². The fraction of sp³-hybridized carbons (Fsp3) is 0.300. The minimum Gasteiger partial charge on any atom is -0.497 e. The van der Waals surface area contributed by atoms with Gasteiger partial charge in [0.15, 0.2) is 0 Å². The van der Waals surface area contributed by atoms with E-state index >= 15 is 0 Å². The molecule has 5 nitrogen and oxygen atoms in total. The minimum absolute atomic E-state index is 0.0811. The molecule has 2 aromatic carbocycles. The van der Waals surface area contributed by atoms with E-state index in [9.17, 15) is 9.59 Å². The van der Waals surface area contributed by atoms with Gasteiger partial charge in [0.2, 0.25) is 11.8 Å². The van der Waals surface area contributed by atoms with Gasteiger partial charge in [-0.05, 0) is 54.8 Å². The van der Waals surface area contributed by atoms with Crippen LogP contribution in [0.3, 0.4) is 0 Å². The summed E-state index contributed by atoms with van der Waals surface area (Å²) in [5.74, 6) is 1.53. The summed E-state index contributed by atoms with van der Waals surface area (Å²) in [5.41, 5.74) is 2.64. The molecule has 26 heavy (non-hydrogen) atoms. The van der Waals surface area contributed by atoms with E-state index in [0.29, 0.717) is 5.75 Å². The highest BCUT2D eigenvalue weighted by Crippen LogP contribution is 2.42. The molecule has 1 saturated heterocycles. The molecule has 0 radical (unpaired) electrons. The predicted molar refractivity (Wildman–Crippen MR) is 103 cm³/mol. The Labute approximate surface area is 156 Å². The van der Waals surface area contributed by atoms with E-state index in [1.807, 2.05) is 53.4 Å². The molecule has 1 heterocycles. The summed E-state index contributed by atoms with van der Waals surface area (Å²) >= 11 is 1.60. The molecule has 1 atom stereocenters. The molecule has 0 aromatic heterocycles. The van der Waals surface area contributed by atoms with Gasteiger partial charge in [0, 0.05) is 17.3 Å². The lowest BCUT2D eigenvalue weighted by Gasteiger charge is -2.25. The number of rotatable bonds is 5. The molecule has 1 aliphatic heterocycles. The maximum Gasteiger partial charge on any atom is 0.238 e. The highest BCUT2D eigenvalue weighted by atomic mass is 32.2. The van der Waals surface area contributed by atoms with Crippen molar-refractivity contribution in [2.45, 2.75) is 18.2 Å². The fourth-order valence-electron chi connectivity index (χ4n) is 3.05. The third kappa shape index (κ3) is 3.42. The SMILES string of the molecule is COc1ccc(N2C(=O)CS[C@@H]2c2cccc(NC(=O)C3CC3)c2)cc1. The summed E-state index contributed by atoms with van der Waals surface area (Å²) in [6.45, 7) is 0. The number of anilines is 2. The lowest BCUT2D eigenvalue weighted by Crippen LogP contribution is -2.27. The number of benzene rings is 2. The monoisotopic (exact) mass is 368 g/mol. The zero-order chi connectivity index (χ0) is 18.1. The first kappa shape index (κ1) is 17.0. The molecule has 0 bridgehead atoms. The summed E-state index contributed by atoms with van der Waals surface area (Å²) in [6.07, 6.45) is 1.95. The van der Waals surface area contributed by atoms with E-state index in [1.54, 1.807) is 18.9 Å². The smallest absolute Gasteiger partial charge is 0.238 e. The number of methoxy groups -OCH3 is 1. The number of carbonyl (C=O) groups excluding carboxylic acids is 2. The number of carbonyl (C=O) groups is 2. The van der Waals surface area contributed by atoms with Gasteiger partial charge in [-0.25, -0.2) is 0 Å². The van der Waals surface area contributed by atoms with Gasteiger partial charge < -0.3 is 10.1 Å². The second-order valence-electron chi connectivity index (χ2n) is 6.51. The van der Waals surface area contributed by atoms with Crippen LogP contribution in [0.25, 0.3) is 0 Å². The summed E-state index contributed by atoms with van der Waals surface area (Å²) in [6, 6.07) is 15.3. The van der Waals surface area contributed by atoms with Crippen LogP contribution < -0.4 is 15.0 Å². The number of thioether (sulfide) groups is 1. The van der Waals surface area contributed by atoms with Gasteiger partial charge in [-0.3, -0.25) is 14.5 Å². The van der Waals surface area contributed by atoms with Crippen molar-refractivity contribution in [2.24, 2.45) is 5.92 Å². The zero-order valence-electron chi connectivity index (χ0n) is 14.5. The van der Waals surface area contributed by atoms with Crippen molar-refractivity contribution in [3.63, 3.8) is 0 Å². The molecule has 4 rings (SSSR count). The Morgan fingerprint density at radius 2 is 1.96 bits per heavy atom. The van der Waals surface area contributed by atoms with Crippen LogP contribution in [0.15, 0.2) is 48.5 Å². The largest absolute Gasteiger partial charge is 0.497 e. The normalized spacial score (nSPS) is 19.5. The fourth-order valence-corrected chi connectivity index (χ4v) is 4.22. The van der Waals surface area contributed by atoms with E-state index in [1.165, 1.54) is 0 Å². The molecule has 1 aliphatic carbocycles. The van der Waals surface area contributed by atoms with Crippen LogP contribution >= 0.6 is 11.8 Å². The molecular formula is C20H20N2O3S. The summed E-state index contributed by atoms with van der Waals surface area (Å²) < 4.78 is 5.20. The number of hydrogen-bond donors (Lipinski definition) is 1. The molecule has 1 N–H and O–H groups in total. The van der Waals surface area contributed by atoms with Gasteiger partial charge in [0.1, 0.15) is 11.1 Å². The molecule has 1 saturated carbocycles. The van der Waals surface area contributed by atoms with Crippen molar-refractivity contribution in [3.8, 4) is 5.75 Å². The third-order valence-electron chi connectivity index (χ3n) is 4.61. The van der Waals surface area contributed by atoms with Crippen LogP contribution in [0.1, 0.15) is 23.8 Å². The summed E-state index contributed by atoms with van der Waals surface area (Å²) in [5, 5.41) is 2.88. The number of nitrogens with zero attached hydrogens (tertiary/aromatic N) is 1. The topological polar surface area (TPSA) is 58.6 Å². The highest BCUT2D eigenvalue weighted by molar-refractivity contribution is 8.00. The third-order valence-corrected chi connectivity index (χ3v) is 5.82. The molecule has 2 fully saturated rings. The number of ether oxygens (including phenoxy) is 1. The average Bonchev–Trinajstić information content (AvgIpc) is 3.45. The van der Waals surface area contributed by atoms with Crippen LogP contribution in [0, 0.1) is 5.92 Å². The van der Waals surface area contributed by atoms with E-state index in [0.717, 1.165) is 35.5 Å². The molecule has 134 valence electrons. The van der Waals surface area contributed by atoms with Gasteiger partial charge in [-0.15, -0.1) is 11.8 Å². The van der Waals surface area contributed by atoms with Crippen molar-refractivity contribution in [2.75, 3.05) is 23.1 Å². The quantitative estimate of drug-likeness (QED) is 0.872. The average molecular weight is 368 g/mol.